The van der Waals surface area contributed by atoms with Gasteiger partial charge < -0.3 is 14.0 Å². The molecule has 0 radical (unpaired) electrons. The summed E-state index contributed by atoms with van der Waals surface area (Å²) in [5, 5.41) is 1.19. The molecule has 2 aromatic rings. The van der Waals surface area contributed by atoms with Crippen LogP contribution in [0, 0.1) is 0 Å². The highest BCUT2D eigenvalue weighted by atomic mass is 35.5. The van der Waals surface area contributed by atoms with Crippen LogP contribution >= 0.6 is 23.2 Å². The molecule has 0 N–H and O–H groups in total. The van der Waals surface area contributed by atoms with Gasteiger partial charge >= 0.3 is 7.12 Å². The van der Waals surface area contributed by atoms with E-state index >= 15 is 0 Å². The van der Waals surface area contributed by atoms with Crippen molar-refractivity contribution in [1.29, 1.82) is 0 Å². The highest BCUT2D eigenvalue weighted by Crippen LogP contribution is 2.37. The minimum absolute atomic E-state index is 0.356. The van der Waals surface area contributed by atoms with Crippen molar-refractivity contribution in [2.75, 3.05) is 0 Å². The number of rotatable bonds is 4. The van der Waals surface area contributed by atoms with Gasteiger partial charge in [0.15, 0.2) is 0 Å². The zero-order chi connectivity index (χ0) is 18.2. The van der Waals surface area contributed by atoms with Crippen LogP contribution in [-0.4, -0.2) is 18.3 Å². The zero-order valence-corrected chi connectivity index (χ0v) is 16.3. The molecule has 0 aromatic heterocycles. The highest BCUT2D eigenvalue weighted by molar-refractivity contribution is 6.62. The second-order valence-corrected chi connectivity index (χ2v) is 7.97. The van der Waals surface area contributed by atoms with Crippen molar-refractivity contribution < 1.29 is 14.0 Å². The van der Waals surface area contributed by atoms with Crippen molar-refractivity contribution in [2.45, 2.75) is 45.5 Å². The van der Waals surface area contributed by atoms with E-state index in [4.69, 9.17) is 37.2 Å². The number of benzene rings is 2. The lowest BCUT2D eigenvalue weighted by atomic mass is 9.79. The Labute approximate surface area is 159 Å². The first-order valence-electron chi connectivity index (χ1n) is 8.21. The van der Waals surface area contributed by atoms with Crippen molar-refractivity contribution in [3.05, 3.63) is 58.1 Å². The van der Waals surface area contributed by atoms with E-state index in [0.29, 0.717) is 22.4 Å². The molecule has 1 fully saturated rings. The quantitative estimate of drug-likeness (QED) is 0.710. The van der Waals surface area contributed by atoms with Crippen LogP contribution in [0.4, 0.5) is 0 Å². The summed E-state index contributed by atoms with van der Waals surface area (Å²) in [6.45, 7) is 8.45. The largest absolute Gasteiger partial charge is 0.494 e. The van der Waals surface area contributed by atoms with Crippen molar-refractivity contribution in [3.63, 3.8) is 0 Å². The molecule has 1 heterocycles. The Morgan fingerprint density at radius 3 is 2.16 bits per heavy atom. The lowest BCUT2D eigenvalue weighted by Crippen LogP contribution is -2.41. The fourth-order valence-corrected chi connectivity index (χ4v) is 2.96. The Bertz CT molecular complexity index is 761. The fourth-order valence-electron chi connectivity index (χ4n) is 2.53. The van der Waals surface area contributed by atoms with E-state index in [-0.39, 0.29) is 11.2 Å². The Morgan fingerprint density at radius 1 is 0.920 bits per heavy atom. The van der Waals surface area contributed by atoms with Gasteiger partial charge in [0.2, 0.25) is 0 Å². The zero-order valence-electron chi connectivity index (χ0n) is 14.8. The number of hydrogen-bond acceptors (Lipinski definition) is 3. The highest BCUT2D eigenvalue weighted by Gasteiger charge is 2.51. The van der Waals surface area contributed by atoms with Crippen LogP contribution in [0.3, 0.4) is 0 Å². The van der Waals surface area contributed by atoms with E-state index in [1.54, 1.807) is 0 Å². The lowest BCUT2D eigenvalue weighted by Gasteiger charge is -2.32. The van der Waals surface area contributed by atoms with Crippen LogP contribution in [-0.2, 0) is 15.9 Å². The molecule has 3 rings (SSSR count). The predicted octanol–water partition coefficient (Wildman–Crippen LogP) is 4.87. The van der Waals surface area contributed by atoms with E-state index in [1.807, 2.05) is 70.2 Å². The molecule has 2 aromatic carbocycles. The van der Waals surface area contributed by atoms with Gasteiger partial charge in [-0.25, -0.2) is 0 Å². The molecule has 3 nitrogen and oxygen atoms in total. The average Bonchev–Trinajstić information content (AvgIpc) is 2.75. The third kappa shape index (κ3) is 3.82. The molecule has 1 saturated heterocycles. The van der Waals surface area contributed by atoms with Crippen LogP contribution in [0.25, 0.3) is 0 Å². The summed E-state index contributed by atoms with van der Waals surface area (Å²) in [6, 6.07) is 13.1. The summed E-state index contributed by atoms with van der Waals surface area (Å²) in [5.74, 6) is 0.599. The molecular weight excluding hydrogens is 358 g/mol. The van der Waals surface area contributed by atoms with Gasteiger partial charge in [-0.1, -0.05) is 47.5 Å². The summed E-state index contributed by atoms with van der Waals surface area (Å²) >= 11 is 12.5. The van der Waals surface area contributed by atoms with Crippen molar-refractivity contribution >= 4 is 35.8 Å². The van der Waals surface area contributed by atoms with Crippen molar-refractivity contribution in [3.8, 4) is 5.75 Å². The summed E-state index contributed by atoms with van der Waals surface area (Å²) in [4.78, 5) is 0. The van der Waals surface area contributed by atoms with E-state index < -0.39 is 7.12 Å². The van der Waals surface area contributed by atoms with E-state index in [0.717, 1.165) is 11.0 Å². The maximum atomic E-state index is 6.39. The van der Waals surface area contributed by atoms with Crippen LogP contribution < -0.4 is 10.2 Å². The first kappa shape index (κ1) is 18.6. The second-order valence-electron chi connectivity index (χ2n) is 7.16. The number of hydrogen-bond donors (Lipinski definition) is 0. The molecule has 6 heteroatoms. The van der Waals surface area contributed by atoms with Gasteiger partial charge in [-0.2, -0.15) is 0 Å². The molecule has 0 amide bonds. The van der Waals surface area contributed by atoms with Gasteiger partial charge in [-0.3, -0.25) is 0 Å². The van der Waals surface area contributed by atoms with Gasteiger partial charge in [0.05, 0.1) is 16.2 Å². The number of halogens is 2. The topological polar surface area (TPSA) is 27.7 Å². The smallest absolute Gasteiger partial charge is 0.487 e. The minimum Gasteiger partial charge on any atom is -0.487 e. The molecule has 132 valence electrons. The third-order valence-corrected chi connectivity index (χ3v) is 5.49. The average molecular weight is 379 g/mol. The monoisotopic (exact) mass is 378 g/mol. The first-order valence-corrected chi connectivity index (χ1v) is 8.96. The van der Waals surface area contributed by atoms with Crippen LogP contribution in [0.2, 0.25) is 10.0 Å². The number of ether oxygens (including phenoxy) is 1. The fraction of sp³-hybridized carbons (Fsp3) is 0.368. The summed E-state index contributed by atoms with van der Waals surface area (Å²) in [6.07, 6.45) is 0. The minimum atomic E-state index is -0.444. The van der Waals surface area contributed by atoms with Crippen molar-refractivity contribution in [1.82, 2.24) is 0 Å². The Kier molecular flexibility index (Phi) is 5.09. The predicted molar refractivity (Wildman–Crippen MR) is 103 cm³/mol. The summed E-state index contributed by atoms with van der Waals surface area (Å²) in [5.41, 5.74) is 1.01. The van der Waals surface area contributed by atoms with Gasteiger partial charge in [0.1, 0.15) is 12.4 Å². The van der Waals surface area contributed by atoms with Gasteiger partial charge in [0, 0.05) is 10.6 Å². The molecule has 0 spiro atoms. The Balaban J connectivity index is 1.73. The first-order chi connectivity index (χ1) is 11.7. The van der Waals surface area contributed by atoms with Crippen LogP contribution in [0.1, 0.15) is 33.3 Å². The van der Waals surface area contributed by atoms with E-state index in [9.17, 15) is 0 Å². The Hall–Kier alpha value is -1.20. The third-order valence-electron chi connectivity index (χ3n) is 4.82. The van der Waals surface area contributed by atoms with Gasteiger partial charge in [0.25, 0.3) is 0 Å². The maximum absolute atomic E-state index is 6.39. The molecule has 0 aliphatic carbocycles. The normalized spacial score (nSPS) is 18.4. The Morgan fingerprint density at radius 2 is 1.56 bits per heavy atom. The SMILES string of the molecule is CC1(C)OB(c2ccc(OCc3ccccc3Cl)c(Cl)c2)OC1(C)C. The lowest BCUT2D eigenvalue weighted by molar-refractivity contribution is 0.00578. The van der Waals surface area contributed by atoms with Gasteiger partial charge in [-0.15, -0.1) is 0 Å². The van der Waals surface area contributed by atoms with E-state index in [2.05, 4.69) is 0 Å². The van der Waals surface area contributed by atoms with Gasteiger partial charge in [-0.05, 0) is 51.4 Å². The maximum Gasteiger partial charge on any atom is 0.494 e. The standard InChI is InChI=1S/C19H21BCl2O3/c1-18(2)19(3,4)25-20(24-18)14-9-10-17(16(22)11-14)23-12-13-7-5-6-8-15(13)21/h5-11H,12H2,1-4H3. The van der Waals surface area contributed by atoms with Crippen molar-refractivity contribution in [2.24, 2.45) is 0 Å². The van der Waals surface area contributed by atoms with Crippen LogP contribution in [0.15, 0.2) is 42.5 Å². The van der Waals surface area contributed by atoms with E-state index in [1.165, 1.54) is 0 Å². The molecule has 0 saturated carbocycles. The molecule has 0 bridgehead atoms. The molecule has 25 heavy (non-hydrogen) atoms. The molecule has 1 aliphatic rings. The summed E-state index contributed by atoms with van der Waals surface area (Å²) < 4.78 is 17.9. The molecular formula is C19H21BCl2O3. The summed E-state index contributed by atoms with van der Waals surface area (Å²) in [7, 11) is -0.444. The molecule has 0 atom stereocenters. The molecule has 0 unspecified atom stereocenters. The molecule has 1 aliphatic heterocycles. The van der Waals surface area contributed by atoms with Crippen LogP contribution in [0.5, 0.6) is 5.75 Å². The second kappa shape index (κ2) is 6.84.